The number of nitrogens with zero attached hydrogens (tertiary/aromatic N) is 2. The van der Waals surface area contributed by atoms with Gasteiger partial charge in [-0.1, -0.05) is 0 Å². The van der Waals surface area contributed by atoms with Crippen molar-refractivity contribution < 1.29 is 9.53 Å². The van der Waals surface area contributed by atoms with E-state index in [4.69, 9.17) is 10.5 Å². The molecule has 0 radical (unpaired) electrons. The number of halogens is 1. The first-order chi connectivity index (χ1) is 5.66. The van der Waals surface area contributed by atoms with E-state index in [0.717, 1.165) is 0 Å². The van der Waals surface area contributed by atoms with E-state index >= 15 is 0 Å². The van der Waals surface area contributed by atoms with Crippen LogP contribution in [0.4, 0.5) is 5.82 Å². The van der Waals surface area contributed by atoms with Gasteiger partial charge in [0.2, 0.25) is 0 Å². The number of nitrogens with two attached hydrogens (primary N) is 1. The molecule has 0 aliphatic carbocycles. The fourth-order valence-corrected chi connectivity index (χ4v) is 1.09. The Morgan fingerprint density at radius 3 is 3.00 bits per heavy atom. The highest BCUT2D eigenvalue weighted by Gasteiger charge is 2.14. The predicted molar refractivity (Wildman–Crippen MR) is 52.0 cm³/mol. The van der Waals surface area contributed by atoms with Crippen molar-refractivity contribution in [3.05, 3.63) is 11.8 Å². The zero-order chi connectivity index (χ0) is 9.14. The Morgan fingerprint density at radius 1 is 1.92 bits per heavy atom. The summed E-state index contributed by atoms with van der Waals surface area (Å²) in [6.45, 7) is 2.08. The summed E-state index contributed by atoms with van der Waals surface area (Å²) in [5.74, 6) is -0.119. The molecule has 0 fully saturated rings. The molecule has 0 unspecified atom stereocenters. The SMILES string of the molecule is CCOC(=O)c1cnn(I)c1N. The number of esters is 1. The highest BCUT2D eigenvalue weighted by atomic mass is 127. The van der Waals surface area contributed by atoms with Gasteiger partial charge in [-0.25, -0.2) is 4.79 Å². The van der Waals surface area contributed by atoms with Crippen LogP contribution in [0, 0.1) is 0 Å². The molecule has 0 aliphatic heterocycles. The van der Waals surface area contributed by atoms with E-state index in [0.29, 0.717) is 18.0 Å². The number of hydrogen-bond acceptors (Lipinski definition) is 4. The molecule has 1 aromatic rings. The molecule has 0 spiro atoms. The molecule has 66 valence electrons. The first kappa shape index (κ1) is 9.30. The average molecular weight is 281 g/mol. The molecular weight excluding hydrogens is 273 g/mol. The zero-order valence-electron chi connectivity index (χ0n) is 6.45. The van der Waals surface area contributed by atoms with Gasteiger partial charge < -0.3 is 10.5 Å². The van der Waals surface area contributed by atoms with Crippen LogP contribution in [0.2, 0.25) is 0 Å². The Kier molecular flexibility index (Phi) is 2.90. The molecule has 2 N–H and O–H groups in total. The van der Waals surface area contributed by atoms with Crippen LogP contribution in [0.3, 0.4) is 0 Å². The number of nitrogen functional groups attached to an aromatic ring is 1. The summed E-state index contributed by atoms with van der Waals surface area (Å²) >= 11 is 1.88. The summed E-state index contributed by atoms with van der Waals surface area (Å²) in [5, 5.41) is 3.80. The second-order valence-corrected chi connectivity index (χ2v) is 2.94. The van der Waals surface area contributed by atoms with E-state index in [1.807, 2.05) is 22.9 Å². The van der Waals surface area contributed by atoms with Crippen molar-refractivity contribution in [2.24, 2.45) is 0 Å². The Balaban J connectivity index is 2.88. The van der Waals surface area contributed by atoms with Gasteiger partial charge in [-0.2, -0.15) is 7.99 Å². The van der Waals surface area contributed by atoms with E-state index in [2.05, 4.69) is 5.10 Å². The number of anilines is 1. The maximum absolute atomic E-state index is 11.1. The van der Waals surface area contributed by atoms with Gasteiger partial charge in [-0.05, 0) is 6.92 Å². The first-order valence-corrected chi connectivity index (χ1v) is 4.30. The van der Waals surface area contributed by atoms with E-state index in [1.54, 1.807) is 6.92 Å². The van der Waals surface area contributed by atoms with E-state index in [-0.39, 0.29) is 0 Å². The summed E-state index contributed by atoms with van der Waals surface area (Å²) in [5.41, 5.74) is 5.84. The van der Waals surface area contributed by atoms with Crippen LogP contribution >= 0.6 is 22.9 Å². The molecular formula is C6H8IN3O2. The molecule has 6 heteroatoms. The molecule has 12 heavy (non-hydrogen) atoms. The molecule has 5 nitrogen and oxygen atoms in total. The lowest BCUT2D eigenvalue weighted by atomic mass is 10.3. The predicted octanol–water partition coefficient (Wildman–Crippen LogP) is 0.840. The minimum absolute atomic E-state index is 0.311. The Hall–Kier alpha value is -0.790. The summed E-state index contributed by atoms with van der Waals surface area (Å²) in [6, 6.07) is 0. The highest BCUT2D eigenvalue weighted by Crippen LogP contribution is 2.14. The topological polar surface area (TPSA) is 70.1 Å². The monoisotopic (exact) mass is 281 g/mol. The van der Waals surface area contributed by atoms with Gasteiger partial charge in [0.05, 0.1) is 35.7 Å². The summed E-state index contributed by atoms with van der Waals surface area (Å²) in [4.78, 5) is 11.1. The van der Waals surface area contributed by atoms with E-state index < -0.39 is 5.97 Å². The second-order valence-electron chi connectivity index (χ2n) is 2.02. The molecule has 0 aromatic carbocycles. The van der Waals surface area contributed by atoms with Gasteiger partial charge >= 0.3 is 5.97 Å². The fourth-order valence-electron chi connectivity index (χ4n) is 0.702. The largest absolute Gasteiger partial charge is 0.462 e. The van der Waals surface area contributed by atoms with Crippen LogP contribution in [0.1, 0.15) is 17.3 Å². The standard InChI is InChI=1S/C6H8IN3O2/c1-2-12-6(11)4-3-9-10(7)5(4)8/h3H,2,8H2,1H3. The van der Waals surface area contributed by atoms with Gasteiger partial charge in [0.25, 0.3) is 0 Å². The molecule has 1 rings (SSSR count). The van der Waals surface area contributed by atoms with Crippen LogP contribution in [0.25, 0.3) is 0 Å². The van der Waals surface area contributed by atoms with Crippen molar-refractivity contribution in [2.75, 3.05) is 12.3 Å². The number of hydrogen-bond donors (Lipinski definition) is 1. The van der Waals surface area contributed by atoms with Gasteiger partial charge in [-0.15, -0.1) is 0 Å². The van der Waals surface area contributed by atoms with E-state index in [9.17, 15) is 4.79 Å². The lowest BCUT2D eigenvalue weighted by Crippen LogP contribution is -2.06. The van der Waals surface area contributed by atoms with E-state index in [1.165, 1.54) is 9.09 Å². The number of ether oxygens (including phenoxy) is 1. The third-order valence-electron chi connectivity index (χ3n) is 1.26. The van der Waals surface area contributed by atoms with Crippen LogP contribution in [-0.4, -0.2) is 20.6 Å². The number of carbonyl (C=O) groups is 1. The van der Waals surface area contributed by atoms with Gasteiger partial charge in [0, 0.05) is 0 Å². The maximum Gasteiger partial charge on any atom is 0.343 e. The van der Waals surface area contributed by atoms with Gasteiger partial charge in [0.15, 0.2) is 0 Å². The third kappa shape index (κ3) is 1.68. The number of rotatable bonds is 2. The second kappa shape index (κ2) is 3.74. The van der Waals surface area contributed by atoms with Crippen molar-refractivity contribution in [2.45, 2.75) is 6.92 Å². The zero-order valence-corrected chi connectivity index (χ0v) is 8.61. The number of aromatic nitrogens is 2. The minimum atomic E-state index is -0.432. The summed E-state index contributed by atoms with van der Waals surface area (Å²) in [6.07, 6.45) is 1.39. The Morgan fingerprint density at radius 2 is 2.58 bits per heavy atom. The molecule has 1 heterocycles. The van der Waals surface area contributed by atoms with Crippen LogP contribution < -0.4 is 5.73 Å². The first-order valence-electron chi connectivity index (χ1n) is 3.33. The number of carbonyl (C=O) groups excluding carboxylic acids is 1. The van der Waals surface area contributed by atoms with Crippen molar-refractivity contribution in [1.29, 1.82) is 0 Å². The highest BCUT2D eigenvalue weighted by molar-refractivity contribution is 14.1. The van der Waals surface area contributed by atoms with Gasteiger partial charge in [-0.3, -0.25) is 0 Å². The maximum atomic E-state index is 11.1. The summed E-state index contributed by atoms with van der Waals surface area (Å²) in [7, 11) is 0. The van der Waals surface area contributed by atoms with Crippen molar-refractivity contribution >= 4 is 34.7 Å². The molecule has 0 aliphatic rings. The average Bonchev–Trinajstić information content (AvgIpc) is 2.34. The quantitative estimate of drug-likeness (QED) is 0.644. The molecule has 0 atom stereocenters. The Labute approximate surface area is 83.4 Å². The smallest absolute Gasteiger partial charge is 0.343 e. The molecule has 0 saturated heterocycles. The fraction of sp³-hybridized carbons (Fsp3) is 0.333. The molecule has 1 aromatic heterocycles. The van der Waals surface area contributed by atoms with Crippen LogP contribution in [-0.2, 0) is 4.74 Å². The lowest BCUT2D eigenvalue weighted by Gasteiger charge is -1.98. The molecule has 0 saturated carbocycles. The van der Waals surface area contributed by atoms with Crippen LogP contribution in [0.15, 0.2) is 6.20 Å². The molecule has 0 amide bonds. The third-order valence-corrected chi connectivity index (χ3v) is 2.03. The van der Waals surface area contributed by atoms with Gasteiger partial charge in [0.1, 0.15) is 11.4 Å². The minimum Gasteiger partial charge on any atom is -0.462 e. The Bertz CT molecular complexity index is 297. The van der Waals surface area contributed by atoms with Crippen LogP contribution in [0.5, 0.6) is 0 Å². The van der Waals surface area contributed by atoms with Crippen molar-refractivity contribution in [1.82, 2.24) is 7.99 Å². The summed E-state index contributed by atoms with van der Waals surface area (Å²) < 4.78 is 6.14. The van der Waals surface area contributed by atoms with Crippen molar-refractivity contribution in [3.8, 4) is 0 Å². The normalized spacial score (nSPS) is 9.83. The lowest BCUT2D eigenvalue weighted by molar-refractivity contribution is 0.0527. The molecule has 0 bridgehead atoms. The van der Waals surface area contributed by atoms with Crippen molar-refractivity contribution in [3.63, 3.8) is 0 Å².